The van der Waals surface area contributed by atoms with Crippen molar-refractivity contribution in [3.05, 3.63) is 23.8 Å². The largest absolute Gasteiger partial charge is 0.452 e. The van der Waals surface area contributed by atoms with Crippen molar-refractivity contribution in [2.24, 2.45) is 17.8 Å². The van der Waals surface area contributed by atoms with Crippen LogP contribution in [0.3, 0.4) is 0 Å². The number of aliphatic hydroxyl groups excluding tert-OH is 3. The molecule has 0 unspecified atom stereocenters. The molecule has 7 atom stereocenters. The molecule has 1 aliphatic heterocycles. The van der Waals surface area contributed by atoms with E-state index in [1.165, 1.54) is 38.5 Å². The molecule has 0 saturated carbocycles. The lowest BCUT2D eigenvalue weighted by molar-refractivity contribution is -0.160. The molecule has 1 amide bonds. The molecule has 0 spiro atoms. The first-order chi connectivity index (χ1) is 20.6. The van der Waals surface area contributed by atoms with Gasteiger partial charge in [0.05, 0.1) is 30.8 Å². The van der Waals surface area contributed by atoms with Crippen molar-refractivity contribution >= 4 is 11.9 Å². The molecule has 0 aromatic carbocycles. The Morgan fingerprint density at radius 2 is 1.60 bits per heavy atom. The Bertz CT molecular complexity index is 814. The number of methoxy groups -OCH3 is 1. The molecular formula is C35H63NO7. The second kappa shape index (κ2) is 23.6. The van der Waals surface area contributed by atoms with E-state index in [9.17, 15) is 24.9 Å². The fourth-order valence-corrected chi connectivity index (χ4v) is 5.74. The topological polar surface area (TPSA) is 125 Å². The van der Waals surface area contributed by atoms with E-state index < -0.39 is 30.3 Å². The summed E-state index contributed by atoms with van der Waals surface area (Å²) in [4.78, 5) is 25.6. The number of nitrogens with one attached hydrogen (secondary N) is 1. The lowest BCUT2D eigenvalue weighted by atomic mass is 9.92. The Labute approximate surface area is 261 Å². The second-order valence-corrected chi connectivity index (χ2v) is 12.8. The smallest absolute Gasteiger partial charge is 0.309 e. The summed E-state index contributed by atoms with van der Waals surface area (Å²) in [6, 6.07) is 0. The van der Waals surface area contributed by atoms with Crippen molar-refractivity contribution in [2.75, 3.05) is 20.3 Å². The van der Waals surface area contributed by atoms with Crippen LogP contribution in [0.2, 0.25) is 0 Å². The van der Waals surface area contributed by atoms with Crippen molar-refractivity contribution in [1.82, 2.24) is 5.32 Å². The fourth-order valence-electron chi connectivity index (χ4n) is 5.74. The Morgan fingerprint density at radius 3 is 2.26 bits per heavy atom. The van der Waals surface area contributed by atoms with Gasteiger partial charge in [0.2, 0.25) is 0 Å². The van der Waals surface area contributed by atoms with Crippen molar-refractivity contribution in [3.63, 3.8) is 0 Å². The summed E-state index contributed by atoms with van der Waals surface area (Å²) in [5.41, 5.74) is 1.03. The number of rotatable bonds is 5. The van der Waals surface area contributed by atoms with Crippen LogP contribution in [0.1, 0.15) is 124 Å². The third kappa shape index (κ3) is 18.0. The highest BCUT2D eigenvalue weighted by Crippen LogP contribution is 2.22. The number of hydrogen-bond donors (Lipinski definition) is 4. The summed E-state index contributed by atoms with van der Waals surface area (Å²) in [6.45, 7) is 8.52. The molecule has 0 aromatic heterocycles. The van der Waals surface area contributed by atoms with Gasteiger partial charge in [-0.05, 0) is 55.9 Å². The number of aliphatic hydroxyl groups is 3. The van der Waals surface area contributed by atoms with E-state index in [1.54, 1.807) is 7.11 Å². The standard InChI is InChI=1S/C35H63NO7/c1-6-15-33-34(40)36-24-30(37)23-32(39)31(38)21-20-29(25-42-5)19-14-18-28(7-2)17-13-11-9-8-10-12-16-26(3)22-27(4)35(41)43-33/h14,18-19,26-28,30-33,37-39H,6-13,15-17,20-25H2,1-5H3,(H,36,40)/b18-14+,29-19+/t26-,27+,28-,30+,31-,32+,33+/m1/s1. The van der Waals surface area contributed by atoms with E-state index in [-0.39, 0.29) is 24.9 Å². The van der Waals surface area contributed by atoms with E-state index in [4.69, 9.17) is 9.47 Å². The molecule has 0 saturated heterocycles. The lowest BCUT2D eigenvalue weighted by Crippen LogP contribution is -2.43. The van der Waals surface area contributed by atoms with Gasteiger partial charge in [-0.1, -0.05) is 97.3 Å². The summed E-state index contributed by atoms with van der Waals surface area (Å²) >= 11 is 0. The zero-order valence-corrected chi connectivity index (χ0v) is 27.8. The molecule has 0 fully saturated rings. The van der Waals surface area contributed by atoms with Crippen LogP contribution in [0, 0.1) is 17.8 Å². The summed E-state index contributed by atoms with van der Waals surface area (Å²) < 4.78 is 11.0. The molecule has 0 aromatic rings. The van der Waals surface area contributed by atoms with Gasteiger partial charge in [0.1, 0.15) is 0 Å². The van der Waals surface area contributed by atoms with Crippen LogP contribution < -0.4 is 5.32 Å². The number of esters is 1. The monoisotopic (exact) mass is 609 g/mol. The Balaban J connectivity index is 2.90. The van der Waals surface area contributed by atoms with E-state index in [0.717, 1.165) is 31.3 Å². The van der Waals surface area contributed by atoms with Crippen LogP contribution in [-0.4, -0.2) is 71.9 Å². The SMILES string of the molecule is CCC[C@@H]1OC(=O)[C@@H](C)C[C@H](C)CCCCCCCC[C@@H](CC)/C=C/C=C(/COC)CC[C@@H](O)[C@@H](O)C[C@H](O)CNC1=O. The molecule has 0 bridgehead atoms. The average molecular weight is 610 g/mol. The summed E-state index contributed by atoms with van der Waals surface area (Å²) in [5, 5.41) is 34.2. The third-order valence-corrected chi connectivity index (χ3v) is 8.58. The first-order valence-corrected chi connectivity index (χ1v) is 17.0. The maximum Gasteiger partial charge on any atom is 0.309 e. The molecule has 4 N–H and O–H groups in total. The predicted molar refractivity (Wildman–Crippen MR) is 172 cm³/mol. The van der Waals surface area contributed by atoms with Crippen LogP contribution in [0.25, 0.3) is 0 Å². The fraction of sp³-hybridized carbons (Fsp3) is 0.829. The average Bonchev–Trinajstić information content (AvgIpc) is 2.97. The zero-order valence-electron chi connectivity index (χ0n) is 27.8. The van der Waals surface area contributed by atoms with Gasteiger partial charge in [-0.15, -0.1) is 0 Å². The quantitative estimate of drug-likeness (QED) is 0.281. The number of β-amino-alcohol motifs (C(OH)–C–C–N with tert-alkyl or cyclic N) is 1. The molecule has 1 aliphatic rings. The minimum Gasteiger partial charge on any atom is -0.452 e. The summed E-state index contributed by atoms with van der Waals surface area (Å²) in [7, 11) is 1.64. The van der Waals surface area contributed by atoms with Gasteiger partial charge < -0.3 is 30.1 Å². The maximum absolute atomic E-state index is 12.8. The van der Waals surface area contributed by atoms with Gasteiger partial charge in [0.15, 0.2) is 6.10 Å². The normalized spacial score (nSPS) is 33.2. The molecule has 1 heterocycles. The van der Waals surface area contributed by atoms with Crippen LogP contribution in [0.4, 0.5) is 0 Å². The summed E-state index contributed by atoms with van der Waals surface area (Å²) in [5.74, 6) is -0.176. The molecule has 43 heavy (non-hydrogen) atoms. The first-order valence-electron chi connectivity index (χ1n) is 17.0. The van der Waals surface area contributed by atoms with E-state index >= 15 is 0 Å². The van der Waals surface area contributed by atoms with Gasteiger partial charge in [-0.25, -0.2) is 0 Å². The van der Waals surface area contributed by atoms with Crippen molar-refractivity contribution in [2.45, 2.75) is 148 Å². The van der Waals surface area contributed by atoms with Crippen LogP contribution >= 0.6 is 0 Å². The van der Waals surface area contributed by atoms with Crippen molar-refractivity contribution in [3.8, 4) is 0 Å². The Morgan fingerprint density at radius 1 is 0.930 bits per heavy atom. The van der Waals surface area contributed by atoms with E-state index in [0.29, 0.717) is 44.1 Å². The van der Waals surface area contributed by atoms with Gasteiger partial charge in [-0.3, -0.25) is 9.59 Å². The number of carbonyl (C=O) groups excluding carboxylic acids is 2. The van der Waals surface area contributed by atoms with Gasteiger partial charge in [0, 0.05) is 20.1 Å². The van der Waals surface area contributed by atoms with E-state index in [1.807, 2.05) is 19.9 Å². The lowest BCUT2D eigenvalue weighted by Gasteiger charge is -2.23. The number of amides is 1. The highest BCUT2D eigenvalue weighted by atomic mass is 16.5. The van der Waals surface area contributed by atoms with Crippen LogP contribution in [-0.2, 0) is 19.1 Å². The molecule has 0 aliphatic carbocycles. The molecular weight excluding hydrogens is 546 g/mol. The maximum atomic E-state index is 12.8. The minimum absolute atomic E-state index is 0.0873. The number of cyclic esters (lactones) is 1. The number of allylic oxidation sites excluding steroid dienone is 3. The van der Waals surface area contributed by atoms with Crippen molar-refractivity contribution in [1.29, 1.82) is 0 Å². The van der Waals surface area contributed by atoms with Crippen LogP contribution in [0.15, 0.2) is 23.8 Å². The van der Waals surface area contributed by atoms with E-state index in [2.05, 4.69) is 31.3 Å². The van der Waals surface area contributed by atoms with Gasteiger partial charge in [0.25, 0.3) is 5.91 Å². The first kappa shape index (κ1) is 39.3. The van der Waals surface area contributed by atoms with Gasteiger partial charge in [-0.2, -0.15) is 0 Å². The third-order valence-electron chi connectivity index (χ3n) is 8.58. The summed E-state index contributed by atoms with van der Waals surface area (Å²) in [6.07, 6.45) is 15.5. The zero-order chi connectivity index (χ0) is 32.0. The number of carbonyl (C=O) groups is 2. The Kier molecular flexibility index (Phi) is 21.6. The highest BCUT2D eigenvalue weighted by molar-refractivity contribution is 5.84. The minimum atomic E-state index is -1.14. The Hall–Kier alpha value is -1.74. The molecule has 8 nitrogen and oxygen atoms in total. The van der Waals surface area contributed by atoms with Crippen LogP contribution in [0.5, 0.6) is 0 Å². The predicted octanol–water partition coefficient (Wildman–Crippen LogP) is 6.02. The van der Waals surface area contributed by atoms with Gasteiger partial charge >= 0.3 is 5.97 Å². The molecule has 0 radical (unpaired) electrons. The number of ether oxygens (including phenoxy) is 2. The second-order valence-electron chi connectivity index (χ2n) is 12.8. The molecule has 8 heteroatoms. The number of hydrogen-bond acceptors (Lipinski definition) is 7. The molecule has 250 valence electrons. The highest BCUT2D eigenvalue weighted by Gasteiger charge is 2.27. The van der Waals surface area contributed by atoms with Crippen molar-refractivity contribution < 1.29 is 34.4 Å². The molecule has 1 rings (SSSR count).